The molecule has 0 bridgehead atoms. The zero-order valence-electron chi connectivity index (χ0n) is 15.2. The summed E-state index contributed by atoms with van der Waals surface area (Å²) < 4.78 is 62.4. The van der Waals surface area contributed by atoms with Crippen molar-refractivity contribution in [3.63, 3.8) is 0 Å². The van der Waals surface area contributed by atoms with Gasteiger partial charge in [-0.1, -0.05) is 18.5 Å². The Balaban J connectivity index is 1.65. The van der Waals surface area contributed by atoms with Crippen LogP contribution in [-0.2, 0) is 16.4 Å². The van der Waals surface area contributed by atoms with Crippen LogP contribution in [-0.4, -0.2) is 35.8 Å². The van der Waals surface area contributed by atoms with E-state index < -0.39 is 22.0 Å². The van der Waals surface area contributed by atoms with E-state index in [9.17, 15) is 22.0 Å². The van der Waals surface area contributed by atoms with Crippen molar-refractivity contribution in [2.45, 2.75) is 24.8 Å². The Morgan fingerprint density at radius 2 is 1.93 bits per heavy atom. The average Bonchev–Trinajstić information content (AvgIpc) is 3.29. The second-order valence-electron chi connectivity index (χ2n) is 6.73. The van der Waals surface area contributed by atoms with Crippen molar-refractivity contribution >= 4 is 38.8 Å². The highest BCUT2D eigenvalue weighted by molar-refractivity contribution is 7.91. The number of aromatic nitrogens is 2. The summed E-state index contributed by atoms with van der Waals surface area (Å²) in [6, 6.07) is 5.53. The summed E-state index contributed by atoms with van der Waals surface area (Å²) >= 11 is 6.02. The predicted molar refractivity (Wildman–Crippen MR) is 101 cm³/mol. The second-order valence-corrected chi connectivity index (χ2v) is 9.36. The summed E-state index contributed by atoms with van der Waals surface area (Å²) in [4.78, 5) is 18.6. The predicted octanol–water partition coefficient (Wildman–Crippen LogP) is 3.26. The monoisotopic (exact) mass is 455 g/mol. The molecular formula is C18H12ClF2N3O5S. The minimum Gasteiger partial charge on any atom is -0.395 e. The van der Waals surface area contributed by atoms with Crippen molar-refractivity contribution in [2.75, 3.05) is 10.7 Å². The van der Waals surface area contributed by atoms with Gasteiger partial charge in [0, 0.05) is 11.8 Å². The third kappa shape index (κ3) is 2.72. The van der Waals surface area contributed by atoms with Gasteiger partial charge in [0.15, 0.2) is 32.2 Å². The first-order valence-electron chi connectivity index (χ1n) is 8.74. The van der Waals surface area contributed by atoms with Crippen LogP contribution in [0.2, 0.25) is 5.02 Å². The SMILES string of the molecule is CCS(=O)(=O)c1c(N2Cc3cc4c(cc3C2=O)OC(F)(F)O4)nc2ccc(Cl)cn12. The maximum absolute atomic E-state index is 13.3. The van der Waals surface area contributed by atoms with Gasteiger partial charge in [0.2, 0.25) is 0 Å². The smallest absolute Gasteiger partial charge is 0.395 e. The topological polar surface area (TPSA) is 90.2 Å². The Labute approximate surface area is 173 Å². The first-order valence-corrected chi connectivity index (χ1v) is 10.8. The lowest BCUT2D eigenvalue weighted by Gasteiger charge is -2.15. The van der Waals surface area contributed by atoms with Gasteiger partial charge in [0.25, 0.3) is 5.91 Å². The minimum atomic E-state index is -3.80. The number of amides is 1. The second kappa shape index (κ2) is 6.05. The Hall–Kier alpha value is -2.92. The van der Waals surface area contributed by atoms with Crippen LogP contribution in [0.5, 0.6) is 11.5 Å². The molecule has 3 aromatic rings. The number of hydrogen-bond acceptors (Lipinski definition) is 6. The van der Waals surface area contributed by atoms with E-state index in [2.05, 4.69) is 14.5 Å². The number of alkyl halides is 2. The molecule has 0 saturated carbocycles. The molecule has 8 nitrogen and oxygen atoms in total. The van der Waals surface area contributed by atoms with E-state index >= 15 is 0 Å². The molecule has 2 aliphatic heterocycles. The molecule has 0 atom stereocenters. The number of imidazole rings is 1. The van der Waals surface area contributed by atoms with Gasteiger partial charge >= 0.3 is 6.29 Å². The number of hydrogen-bond donors (Lipinski definition) is 0. The van der Waals surface area contributed by atoms with Gasteiger partial charge in [-0.05, 0) is 29.8 Å². The molecule has 5 rings (SSSR count). The lowest BCUT2D eigenvalue weighted by molar-refractivity contribution is -0.286. The maximum atomic E-state index is 13.3. The molecule has 1 aromatic carbocycles. The highest BCUT2D eigenvalue weighted by Gasteiger charge is 2.45. The molecule has 0 fully saturated rings. The van der Waals surface area contributed by atoms with E-state index in [0.717, 1.165) is 6.07 Å². The van der Waals surface area contributed by atoms with Crippen molar-refractivity contribution in [2.24, 2.45) is 0 Å². The van der Waals surface area contributed by atoms with Crippen LogP contribution in [0.3, 0.4) is 0 Å². The Bertz CT molecular complexity index is 1360. The number of halogens is 3. The van der Waals surface area contributed by atoms with Gasteiger partial charge in [0.1, 0.15) is 5.65 Å². The van der Waals surface area contributed by atoms with Crippen molar-refractivity contribution in [3.05, 3.63) is 46.6 Å². The first kappa shape index (κ1) is 19.1. The standard InChI is InChI=1S/C18H12ClF2N3O5S/c1-2-30(26,27)17-15(22-14-4-3-10(19)8-23(14)17)24-7-9-5-12-13(6-11(9)16(24)25)29-18(20,21)28-12/h3-6,8H,2,7H2,1H3. The minimum absolute atomic E-state index is 0.0624. The number of benzene rings is 1. The molecule has 0 spiro atoms. The fraction of sp³-hybridized carbons (Fsp3) is 0.222. The van der Waals surface area contributed by atoms with E-state index in [1.165, 1.54) is 34.6 Å². The van der Waals surface area contributed by atoms with E-state index in [4.69, 9.17) is 11.6 Å². The van der Waals surface area contributed by atoms with Crippen LogP contribution >= 0.6 is 11.6 Å². The number of ether oxygens (including phenoxy) is 2. The molecule has 0 unspecified atom stereocenters. The Morgan fingerprint density at radius 1 is 1.23 bits per heavy atom. The van der Waals surface area contributed by atoms with E-state index in [-0.39, 0.29) is 40.2 Å². The molecular weight excluding hydrogens is 444 g/mol. The van der Waals surface area contributed by atoms with Crippen molar-refractivity contribution < 1.29 is 31.5 Å². The molecule has 30 heavy (non-hydrogen) atoms. The lowest BCUT2D eigenvalue weighted by atomic mass is 10.1. The molecule has 0 saturated heterocycles. The third-order valence-electron chi connectivity index (χ3n) is 4.88. The summed E-state index contributed by atoms with van der Waals surface area (Å²) in [7, 11) is -3.80. The van der Waals surface area contributed by atoms with Crippen LogP contribution in [0.4, 0.5) is 14.6 Å². The number of fused-ring (bicyclic) bond motifs is 3. The summed E-state index contributed by atoms with van der Waals surface area (Å²) in [6.07, 6.45) is -2.40. The maximum Gasteiger partial charge on any atom is 0.586 e. The summed E-state index contributed by atoms with van der Waals surface area (Å²) in [5.41, 5.74) is 0.777. The quantitative estimate of drug-likeness (QED) is 0.602. The van der Waals surface area contributed by atoms with E-state index in [0.29, 0.717) is 16.2 Å². The van der Waals surface area contributed by atoms with Crippen LogP contribution in [0.15, 0.2) is 35.5 Å². The fourth-order valence-electron chi connectivity index (χ4n) is 3.51. The molecule has 12 heteroatoms. The van der Waals surface area contributed by atoms with Gasteiger partial charge in [0.05, 0.1) is 17.3 Å². The number of nitrogens with zero attached hydrogens (tertiary/aromatic N) is 3. The highest BCUT2D eigenvalue weighted by atomic mass is 35.5. The Morgan fingerprint density at radius 3 is 2.63 bits per heavy atom. The summed E-state index contributed by atoms with van der Waals surface area (Å²) in [6.45, 7) is 1.41. The summed E-state index contributed by atoms with van der Waals surface area (Å²) in [5.74, 6) is -1.34. The number of pyridine rings is 1. The molecule has 4 heterocycles. The van der Waals surface area contributed by atoms with Crippen molar-refractivity contribution in [1.29, 1.82) is 0 Å². The van der Waals surface area contributed by atoms with Crippen LogP contribution in [0.1, 0.15) is 22.8 Å². The number of carbonyl (C=O) groups excluding carboxylic acids is 1. The molecule has 2 aliphatic rings. The van der Waals surface area contributed by atoms with E-state index in [1.807, 2.05) is 0 Å². The first-order chi connectivity index (χ1) is 14.1. The average molecular weight is 456 g/mol. The number of carbonyl (C=O) groups is 1. The van der Waals surface area contributed by atoms with Crippen LogP contribution < -0.4 is 14.4 Å². The van der Waals surface area contributed by atoms with Crippen molar-refractivity contribution in [3.8, 4) is 11.5 Å². The lowest BCUT2D eigenvalue weighted by Crippen LogP contribution is -2.26. The molecule has 1 amide bonds. The highest BCUT2D eigenvalue weighted by Crippen LogP contribution is 2.45. The zero-order valence-corrected chi connectivity index (χ0v) is 16.8. The van der Waals surface area contributed by atoms with Gasteiger partial charge in [-0.25, -0.2) is 13.4 Å². The molecule has 0 N–H and O–H groups in total. The van der Waals surface area contributed by atoms with Crippen LogP contribution in [0.25, 0.3) is 5.65 Å². The summed E-state index contributed by atoms with van der Waals surface area (Å²) in [5, 5.41) is 0.122. The largest absolute Gasteiger partial charge is 0.586 e. The number of sulfone groups is 1. The molecule has 2 aromatic heterocycles. The van der Waals surface area contributed by atoms with Crippen molar-refractivity contribution in [1.82, 2.24) is 9.38 Å². The third-order valence-corrected chi connectivity index (χ3v) is 6.83. The number of rotatable bonds is 3. The molecule has 156 valence electrons. The van der Waals surface area contributed by atoms with Gasteiger partial charge in [-0.2, -0.15) is 0 Å². The van der Waals surface area contributed by atoms with E-state index in [1.54, 1.807) is 6.07 Å². The van der Waals surface area contributed by atoms with Gasteiger partial charge in [-0.3, -0.25) is 14.1 Å². The zero-order chi connectivity index (χ0) is 21.4. The molecule has 0 radical (unpaired) electrons. The number of anilines is 1. The normalized spacial score (nSPS) is 17.1. The van der Waals surface area contributed by atoms with Gasteiger partial charge in [-0.15, -0.1) is 8.78 Å². The fourth-order valence-corrected chi connectivity index (χ4v) is 4.83. The Kier molecular flexibility index (Phi) is 3.84. The van der Waals surface area contributed by atoms with Crippen LogP contribution in [0, 0.1) is 0 Å². The van der Waals surface area contributed by atoms with Gasteiger partial charge < -0.3 is 9.47 Å². The molecule has 0 aliphatic carbocycles.